The lowest BCUT2D eigenvalue weighted by molar-refractivity contribution is 0.662. The Bertz CT molecular complexity index is 3530. The molecule has 0 radical (unpaired) electrons. The van der Waals surface area contributed by atoms with Crippen LogP contribution in [0.1, 0.15) is 25.0 Å². The van der Waals surface area contributed by atoms with Crippen LogP contribution in [0.3, 0.4) is 0 Å². The predicted molar refractivity (Wildman–Crippen MR) is 265 cm³/mol. The number of rotatable bonds is 7. The fourth-order valence-electron chi connectivity index (χ4n) is 10.3. The highest BCUT2D eigenvalue weighted by molar-refractivity contribution is 6.07. The molecule has 0 saturated heterocycles. The molecule has 1 heterocycles. The van der Waals surface area contributed by atoms with Gasteiger partial charge in [0.2, 0.25) is 0 Å². The molecule has 0 bridgehead atoms. The maximum absolute atomic E-state index is 6.25. The lowest BCUT2D eigenvalue weighted by atomic mass is 9.79. The van der Waals surface area contributed by atoms with Gasteiger partial charge in [0.25, 0.3) is 0 Å². The van der Waals surface area contributed by atoms with Crippen molar-refractivity contribution in [1.29, 1.82) is 0 Å². The molecule has 11 aromatic rings. The Morgan fingerprint density at radius 1 is 0.349 bits per heavy atom. The molecule has 298 valence electrons. The Balaban J connectivity index is 0.973. The van der Waals surface area contributed by atoms with Gasteiger partial charge in [-0.3, -0.25) is 0 Å². The van der Waals surface area contributed by atoms with Gasteiger partial charge in [-0.15, -0.1) is 0 Å². The Labute approximate surface area is 368 Å². The Morgan fingerprint density at radius 2 is 0.905 bits per heavy atom. The van der Waals surface area contributed by atoms with Gasteiger partial charge >= 0.3 is 0 Å². The number of fused-ring (bicyclic) bond motifs is 7. The smallest absolute Gasteiger partial charge is 0.135 e. The molecule has 0 spiro atoms. The summed E-state index contributed by atoms with van der Waals surface area (Å²) in [4.78, 5) is 2.41. The summed E-state index contributed by atoms with van der Waals surface area (Å²) in [6.07, 6.45) is 0. The third-order valence-electron chi connectivity index (χ3n) is 13.3. The fourth-order valence-corrected chi connectivity index (χ4v) is 10.3. The summed E-state index contributed by atoms with van der Waals surface area (Å²) in [5.74, 6) is 0. The number of nitrogens with zero attached hydrogens (tertiary/aromatic N) is 1. The average molecular weight is 806 g/mol. The van der Waals surface area contributed by atoms with Crippen LogP contribution in [-0.2, 0) is 5.41 Å². The lowest BCUT2D eigenvalue weighted by Crippen LogP contribution is -2.16. The van der Waals surface area contributed by atoms with Gasteiger partial charge in [-0.25, -0.2) is 0 Å². The second-order valence-corrected chi connectivity index (χ2v) is 17.3. The van der Waals surface area contributed by atoms with E-state index >= 15 is 0 Å². The van der Waals surface area contributed by atoms with E-state index in [1.54, 1.807) is 0 Å². The summed E-state index contributed by atoms with van der Waals surface area (Å²) < 4.78 is 6.25. The van der Waals surface area contributed by atoms with Crippen LogP contribution in [-0.4, -0.2) is 0 Å². The Morgan fingerprint density at radius 3 is 1.75 bits per heavy atom. The normalized spacial score (nSPS) is 12.7. The Hall–Kier alpha value is -7.94. The molecule has 0 atom stereocenters. The van der Waals surface area contributed by atoms with E-state index in [1.807, 2.05) is 12.1 Å². The van der Waals surface area contributed by atoms with E-state index in [0.29, 0.717) is 0 Å². The number of hydrogen-bond donors (Lipinski definition) is 0. The SMILES string of the molecule is CC1(C)c2ccccc2-c2cccc(-c3ccc(N(c4ccc(-c5cccc(-c6cccc7ccccc67)c5)cc4)c4ccccc4-c4ccc5oc6ccccc6c5c4)cc3)c21. The van der Waals surface area contributed by atoms with Gasteiger partial charge in [0.15, 0.2) is 0 Å². The first-order chi connectivity index (χ1) is 31.0. The third-order valence-corrected chi connectivity index (χ3v) is 13.3. The summed E-state index contributed by atoms with van der Waals surface area (Å²) in [6, 6.07) is 81.6. The van der Waals surface area contributed by atoms with Crippen LogP contribution in [0.5, 0.6) is 0 Å². The monoisotopic (exact) mass is 805 g/mol. The van der Waals surface area contributed by atoms with E-state index in [1.165, 1.54) is 66.4 Å². The van der Waals surface area contributed by atoms with Gasteiger partial charge in [-0.2, -0.15) is 0 Å². The first-order valence-electron chi connectivity index (χ1n) is 21.8. The summed E-state index contributed by atoms with van der Waals surface area (Å²) in [7, 11) is 0. The molecule has 0 unspecified atom stereocenters. The number of benzene rings is 10. The van der Waals surface area contributed by atoms with Gasteiger partial charge in [-0.1, -0.05) is 184 Å². The van der Waals surface area contributed by atoms with Crippen molar-refractivity contribution < 1.29 is 4.42 Å². The van der Waals surface area contributed by atoms with E-state index in [-0.39, 0.29) is 5.41 Å². The zero-order valence-corrected chi connectivity index (χ0v) is 35.2. The van der Waals surface area contributed by atoms with Crippen LogP contribution in [0.25, 0.3) is 88.3 Å². The molecule has 1 aliphatic rings. The molecule has 0 N–H and O–H groups in total. The predicted octanol–water partition coefficient (Wildman–Crippen LogP) is 17.2. The molecule has 10 aromatic carbocycles. The van der Waals surface area contributed by atoms with Crippen LogP contribution in [0.15, 0.2) is 229 Å². The van der Waals surface area contributed by atoms with E-state index in [9.17, 15) is 0 Å². The summed E-state index contributed by atoms with van der Waals surface area (Å²) in [6.45, 7) is 4.73. The van der Waals surface area contributed by atoms with Crippen molar-refractivity contribution in [3.05, 3.63) is 236 Å². The summed E-state index contributed by atoms with van der Waals surface area (Å²) >= 11 is 0. The van der Waals surface area contributed by atoms with Gasteiger partial charge in [0, 0.05) is 33.1 Å². The maximum atomic E-state index is 6.25. The van der Waals surface area contributed by atoms with Crippen molar-refractivity contribution in [2.45, 2.75) is 19.3 Å². The summed E-state index contributed by atoms with van der Waals surface area (Å²) in [5.41, 5.74) is 20.0. The highest BCUT2D eigenvalue weighted by Crippen LogP contribution is 2.52. The maximum Gasteiger partial charge on any atom is 0.135 e. The first kappa shape index (κ1) is 36.9. The van der Waals surface area contributed by atoms with Crippen LogP contribution < -0.4 is 4.90 Å². The number of para-hydroxylation sites is 2. The second-order valence-electron chi connectivity index (χ2n) is 17.3. The molecule has 63 heavy (non-hydrogen) atoms. The lowest BCUT2D eigenvalue weighted by Gasteiger charge is -2.28. The van der Waals surface area contributed by atoms with Crippen molar-refractivity contribution in [3.63, 3.8) is 0 Å². The van der Waals surface area contributed by atoms with Gasteiger partial charge < -0.3 is 9.32 Å². The minimum Gasteiger partial charge on any atom is -0.456 e. The number of hydrogen-bond acceptors (Lipinski definition) is 2. The fraction of sp³-hybridized carbons (Fsp3) is 0.0492. The van der Waals surface area contributed by atoms with E-state index in [4.69, 9.17) is 4.42 Å². The molecule has 1 aromatic heterocycles. The van der Waals surface area contributed by atoms with Crippen molar-refractivity contribution in [1.82, 2.24) is 0 Å². The minimum atomic E-state index is -0.107. The highest BCUT2D eigenvalue weighted by atomic mass is 16.3. The van der Waals surface area contributed by atoms with Gasteiger partial charge in [0.1, 0.15) is 11.2 Å². The minimum absolute atomic E-state index is 0.107. The average Bonchev–Trinajstić information content (AvgIpc) is 3.83. The number of anilines is 3. The molecule has 1 aliphatic carbocycles. The quantitative estimate of drug-likeness (QED) is 0.160. The molecular weight excluding hydrogens is 763 g/mol. The molecule has 0 amide bonds. The zero-order chi connectivity index (χ0) is 42.1. The molecule has 0 saturated carbocycles. The van der Waals surface area contributed by atoms with Crippen LogP contribution in [0, 0.1) is 0 Å². The highest BCUT2D eigenvalue weighted by Gasteiger charge is 2.37. The summed E-state index contributed by atoms with van der Waals surface area (Å²) in [5, 5.41) is 4.75. The Kier molecular flexibility index (Phi) is 8.55. The topological polar surface area (TPSA) is 16.4 Å². The van der Waals surface area contributed by atoms with E-state index in [0.717, 1.165) is 50.1 Å². The standard InChI is InChI=1S/C61H43NO/c1-61(2)56-25-8-5-20-52(56)54-24-13-23-51(60(54)61)42-30-35-47(36-31-42)62(57-26-9-6-19-50(57)45-32-37-59-55(39-45)53-21-7-10-27-58(53)63-59)46-33-28-40(29-34-46)43-16-11-17-44(38-43)49-22-12-15-41-14-3-4-18-48(41)49/h3-39H,1-2H3. The van der Waals surface area contributed by atoms with Crippen LogP contribution in [0.4, 0.5) is 17.1 Å². The molecular formula is C61H43NO. The molecule has 12 rings (SSSR count). The zero-order valence-electron chi connectivity index (χ0n) is 35.2. The van der Waals surface area contributed by atoms with Crippen LogP contribution >= 0.6 is 0 Å². The van der Waals surface area contributed by atoms with E-state index in [2.05, 4.69) is 231 Å². The largest absolute Gasteiger partial charge is 0.456 e. The second kappa shape index (κ2) is 14.6. The van der Waals surface area contributed by atoms with E-state index < -0.39 is 0 Å². The van der Waals surface area contributed by atoms with Crippen LogP contribution in [0.2, 0.25) is 0 Å². The molecule has 2 heteroatoms. The van der Waals surface area contributed by atoms with Crippen molar-refractivity contribution in [2.75, 3.05) is 4.90 Å². The van der Waals surface area contributed by atoms with Gasteiger partial charge in [-0.05, 0) is 127 Å². The number of furan rings is 1. The molecule has 0 fully saturated rings. The van der Waals surface area contributed by atoms with Crippen molar-refractivity contribution in [2.24, 2.45) is 0 Å². The first-order valence-corrected chi connectivity index (χ1v) is 21.8. The molecule has 0 aliphatic heterocycles. The third kappa shape index (κ3) is 6.09. The van der Waals surface area contributed by atoms with Crippen molar-refractivity contribution in [3.8, 4) is 55.6 Å². The van der Waals surface area contributed by atoms with Crippen molar-refractivity contribution >= 4 is 49.8 Å². The van der Waals surface area contributed by atoms with Gasteiger partial charge in [0.05, 0.1) is 5.69 Å². The molecule has 2 nitrogen and oxygen atoms in total.